The van der Waals surface area contributed by atoms with Crippen LogP contribution < -0.4 is 5.32 Å². The first-order valence-electron chi connectivity index (χ1n) is 8.58. The van der Waals surface area contributed by atoms with Gasteiger partial charge in [0.25, 0.3) is 0 Å². The lowest BCUT2D eigenvalue weighted by atomic mass is 10.1. The lowest BCUT2D eigenvalue weighted by molar-refractivity contribution is -0.115. The number of aromatic nitrogens is 2. The maximum Gasteiger partial charge on any atom is 0.230 e. The highest BCUT2D eigenvalue weighted by Crippen LogP contribution is 2.30. The molecule has 8 heteroatoms. The number of hydrogen-bond donors (Lipinski definition) is 1. The number of halogens is 4. The number of hydrogen-bond acceptors (Lipinski definition) is 2. The fourth-order valence-electron chi connectivity index (χ4n) is 3.00. The number of imidazole rings is 1. The van der Waals surface area contributed by atoms with Gasteiger partial charge in [-0.15, -0.1) is 0 Å². The molecule has 0 aliphatic heterocycles. The molecule has 4 aromatic rings. The second kappa shape index (κ2) is 7.38. The van der Waals surface area contributed by atoms with Crippen LogP contribution in [0, 0.1) is 23.3 Å². The second-order valence-corrected chi connectivity index (χ2v) is 6.35. The first-order chi connectivity index (χ1) is 13.9. The van der Waals surface area contributed by atoms with E-state index in [1.165, 1.54) is 53.1 Å². The van der Waals surface area contributed by atoms with Gasteiger partial charge < -0.3 is 5.32 Å². The summed E-state index contributed by atoms with van der Waals surface area (Å²) in [5, 5.41) is 2.58. The van der Waals surface area contributed by atoms with E-state index in [-0.39, 0.29) is 17.8 Å². The Bertz CT molecular complexity index is 1220. The van der Waals surface area contributed by atoms with Crippen molar-refractivity contribution in [3.8, 4) is 11.3 Å². The first-order valence-corrected chi connectivity index (χ1v) is 8.58. The Labute approximate surface area is 162 Å². The van der Waals surface area contributed by atoms with Gasteiger partial charge >= 0.3 is 0 Å². The molecule has 146 valence electrons. The standard InChI is InChI=1S/C21H13F4N3O/c22-14-4-1-12(2-5-14)20-21(26-18-8-7-16(24)11-28(18)20)27-19(29)9-13-3-6-15(23)10-17(13)25/h1-8,10-11H,9H2,(H,27,29). The SMILES string of the molecule is O=C(Cc1ccc(F)cc1F)Nc1nc2ccc(F)cn2c1-c1ccc(F)cc1. The summed E-state index contributed by atoms with van der Waals surface area (Å²) >= 11 is 0. The number of pyridine rings is 1. The zero-order valence-corrected chi connectivity index (χ0v) is 14.8. The summed E-state index contributed by atoms with van der Waals surface area (Å²) in [4.78, 5) is 16.7. The van der Waals surface area contributed by atoms with Crippen molar-refractivity contribution in [1.29, 1.82) is 0 Å². The van der Waals surface area contributed by atoms with Gasteiger partial charge in [-0.05, 0) is 48.0 Å². The number of carbonyl (C=O) groups is 1. The Kier molecular flexibility index (Phi) is 4.75. The summed E-state index contributed by atoms with van der Waals surface area (Å²) < 4.78 is 55.4. The van der Waals surface area contributed by atoms with E-state index in [9.17, 15) is 22.4 Å². The highest BCUT2D eigenvalue weighted by atomic mass is 19.1. The number of rotatable bonds is 4. The molecular formula is C21H13F4N3O. The van der Waals surface area contributed by atoms with Crippen molar-refractivity contribution in [3.05, 3.63) is 89.6 Å². The van der Waals surface area contributed by atoms with Crippen LogP contribution in [0.5, 0.6) is 0 Å². The van der Waals surface area contributed by atoms with Crippen molar-refractivity contribution in [2.24, 2.45) is 0 Å². The Hall–Kier alpha value is -3.68. The van der Waals surface area contributed by atoms with Gasteiger partial charge in [-0.3, -0.25) is 9.20 Å². The van der Waals surface area contributed by atoms with E-state index in [0.717, 1.165) is 6.07 Å². The molecule has 0 spiro atoms. The van der Waals surface area contributed by atoms with E-state index in [1.807, 2.05) is 0 Å². The van der Waals surface area contributed by atoms with Crippen LogP contribution in [0.4, 0.5) is 23.4 Å². The Balaban J connectivity index is 1.72. The molecule has 0 fully saturated rings. The molecule has 4 rings (SSSR count). The smallest absolute Gasteiger partial charge is 0.230 e. The molecule has 0 bridgehead atoms. The molecule has 4 nitrogen and oxygen atoms in total. The van der Waals surface area contributed by atoms with E-state index in [2.05, 4.69) is 10.3 Å². The molecule has 0 radical (unpaired) electrons. The van der Waals surface area contributed by atoms with Crippen molar-refractivity contribution in [1.82, 2.24) is 9.38 Å². The second-order valence-electron chi connectivity index (χ2n) is 6.35. The third-order valence-electron chi connectivity index (χ3n) is 4.32. The van der Waals surface area contributed by atoms with Crippen molar-refractivity contribution in [2.75, 3.05) is 5.32 Å². The topological polar surface area (TPSA) is 46.4 Å². The molecule has 0 saturated carbocycles. The van der Waals surface area contributed by atoms with Crippen molar-refractivity contribution >= 4 is 17.4 Å². The van der Waals surface area contributed by atoms with Crippen molar-refractivity contribution in [3.63, 3.8) is 0 Å². The molecule has 2 aromatic heterocycles. The average molecular weight is 399 g/mol. The predicted molar refractivity (Wildman–Crippen MR) is 99.2 cm³/mol. The fraction of sp³-hybridized carbons (Fsp3) is 0.0476. The molecule has 29 heavy (non-hydrogen) atoms. The predicted octanol–water partition coefficient (Wildman–Crippen LogP) is 4.74. The van der Waals surface area contributed by atoms with Gasteiger partial charge in [0.15, 0.2) is 5.82 Å². The molecule has 0 atom stereocenters. The van der Waals surface area contributed by atoms with Gasteiger partial charge in [0.2, 0.25) is 5.91 Å². The third-order valence-corrected chi connectivity index (χ3v) is 4.32. The van der Waals surface area contributed by atoms with Crippen LogP contribution in [-0.4, -0.2) is 15.3 Å². The van der Waals surface area contributed by atoms with E-state index >= 15 is 0 Å². The highest BCUT2D eigenvalue weighted by Gasteiger charge is 2.18. The summed E-state index contributed by atoms with van der Waals surface area (Å²) in [7, 11) is 0. The van der Waals surface area contributed by atoms with Crippen molar-refractivity contribution < 1.29 is 22.4 Å². The molecule has 0 aliphatic carbocycles. The maximum absolute atomic E-state index is 13.8. The van der Waals surface area contributed by atoms with Gasteiger partial charge in [-0.25, -0.2) is 22.5 Å². The van der Waals surface area contributed by atoms with Gasteiger partial charge in [-0.1, -0.05) is 6.07 Å². The monoisotopic (exact) mass is 399 g/mol. The first kappa shape index (κ1) is 18.7. The average Bonchev–Trinajstić information content (AvgIpc) is 3.01. The zero-order chi connectivity index (χ0) is 20.5. The third kappa shape index (κ3) is 3.82. The largest absolute Gasteiger partial charge is 0.309 e. The molecule has 0 saturated heterocycles. The van der Waals surface area contributed by atoms with E-state index < -0.39 is 29.2 Å². The molecule has 0 unspecified atom stereocenters. The van der Waals surface area contributed by atoms with E-state index in [4.69, 9.17) is 0 Å². The number of benzene rings is 2. The highest BCUT2D eigenvalue weighted by molar-refractivity contribution is 5.95. The Morgan fingerprint density at radius 2 is 1.59 bits per heavy atom. The van der Waals surface area contributed by atoms with E-state index in [1.54, 1.807) is 0 Å². The minimum Gasteiger partial charge on any atom is -0.309 e. The number of anilines is 1. The fourth-order valence-corrected chi connectivity index (χ4v) is 3.00. The molecule has 1 N–H and O–H groups in total. The van der Waals surface area contributed by atoms with Crippen LogP contribution >= 0.6 is 0 Å². The number of amides is 1. The summed E-state index contributed by atoms with van der Waals surface area (Å²) in [6.07, 6.45) is 0.841. The molecule has 0 aliphatic rings. The maximum atomic E-state index is 13.8. The summed E-state index contributed by atoms with van der Waals surface area (Å²) in [6, 6.07) is 11.0. The summed E-state index contributed by atoms with van der Waals surface area (Å²) in [5.41, 5.74) is 1.20. The van der Waals surface area contributed by atoms with Gasteiger partial charge in [0, 0.05) is 17.8 Å². The van der Waals surface area contributed by atoms with Crippen LogP contribution in [0.15, 0.2) is 60.8 Å². The van der Waals surface area contributed by atoms with E-state index in [0.29, 0.717) is 23.0 Å². The van der Waals surface area contributed by atoms with Crippen molar-refractivity contribution in [2.45, 2.75) is 6.42 Å². The summed E-state index contributed by atoms with van der Waals surface area (Å²) in [6.45, 7) is 0. The lowest BCUT2D eigenvalue weighted by Gasteiger charge is -2.08. The van der Waals surface area contributed by atoms with Crippen LogP contribution in [0.1, 0.15) is 5.56 Å². The van der Waals surface area contributed by atoms with Crippen LogP contribution in [0.3, 0.4) is 0 Å². The number of nitrogens with one attached hydrogen (secondary N) is 1. The summed E-state index contributed by atoms with van der Waals surface area (Å²) in [5.74, 6) is -3.04. The minimum atomic E-state index is -0.837. The zero-order valence-electron chi connectivity index (χ0n) is 14.8. The van der Waals surface area contributed by atoms with Gasteiger partial charge in [0.05, 0.1) is 12.1 Å². The lowest BCUT2D eigenvalue weighted by Crippen LogP contribution is -2.16. The normalized spacial score (nSPS) is 11.0. The molecule has 2 aromatic carbocycles. The molecule has 1 amide bonds. The van der Waals surface area contributed by atoms with Crippen LogP contribution in [-0.2, 0) is 11.2 Å². The Morgan fingerprint density at radius 3 is 2.31 bits per heavy atom. The number of nitrogens with zero attached hydrogens (tertiary/aromatic N) is 2. The van der Waals surface area contributed by atoms with Crippen LogP contribution in [0.2, 0.25) is 0 Å². The van der Waals surface area contributed by atoms with Gasteiger partial charge in [-0.2, -0.15) is 0 Å². The number of fused-ring (bicyclic) bond motifs is 1. The molecule has 2 heterocycles. The minimum absolute atomic E-state index is 0.0158. The Morgan fingerprint density at radius 1 is 0.897 bits per heavy atom. The molecular weight excluding hydrogens is 386 g/mol. The quantitative estimate of drug-likeness (QED) is 0.504. The number of carbonyl (C=O) groups excluding carboxylic acids is 1. The van der Waals surface area contributed by atoms with Crippen LogP contribution in [0.25, 0.3) is 16.9 Å². The van der Waals surface area contributed by atoms with Gasteiger partial charge in [0.1, 0.15) is 28.9 Å².